The van der Waals surface area contributed by atoms with E-state index in [-0.39, 0.29) is 0 Å². The summed E-state index contributed by atoms with van der Waals surface area (Å²) < 4.78 is 5.75. The Morgan fingerprint density at radius 2 is 1.84 bits per heavy atom. The smallest absolute Gasteiger partial charge is 0.120 e. The summed E-state index contributed by atoms with van der Waals surface area (Å²) in [5.41, 5.74) is 7.09. The van der Waals surface area contributed by atoms with E-state index in [1.54, 1.807) is 0 Å². The summed E-state index contributed by atoms with van der Waals surface area (Å²) in [6, 6.07) is 17.8. The van der Waals surface area contributed by atoms with E-state index in [1.807, 2.05) is 42.5 Å². The first-order valence-corrected chi connectivity index (χ1v) is 6.78. The van der Waals surface area contributed by atoms with E-state index in [0.29, 0.717) is 24.1 Å². The third-order valence-corrected chi connectivity index (χ3v) is 3.22. The van der Waals surface area contributed by atoms with Gasteiger partial charge < -0.3 is 10.5 Å². The molecular weight excluding hydrogens is 258 g/mol. The van der Waals surface area contributed by atoms with Gasteiger partial charge in [0, 0.05) is 10.9 Å². The number of nitrogens with two attached hydrogens (primary N) is 1. The summed E-state index contributed by atoms with van der Waals surface area (Å²) in [6.45, 7) is 1.21. The third kappa shape index (κ3) is 4.58. The molecule has 0 heterocycles. The van der Waals surface area contributed by atoms with Gasteiger partial charge in [0.1, 0.15) is 5.75 Å². The van der Waals surface area contributed by atoms with Crippen molar-refractivity contribution in [1.82, 2.24) is 0 Å². The van der Waals surface area contributed by atoms with Gasteiger partial charge in [-0.2, -0.15) is 0 Å². The van der Waals surface area contributed by atoms with Crippen LogP contribution in [-0.4, -0.2) is 13.2 Å². The first-order chi connectivity index (χ1) is 9.28. The molecule has 0 radical (unpaired) electrons. The molecule has 0 saturated heterocycles. The first kappa shape index (κ1) is 13.9. The van der Waals surface area contributed by atoms with E-state index in [1.165, 1.54) is 5.56 Å². The average molecular weight is 276 g/mol. The zero-order valence-corrected chi connectivity index (χ0v) is 11.5. The molecule has 19 heavy (non-hydrogen) atoms. The zero-order valence-electron chi connectivity index (χ0n) is 10.8. The fraction of sp³-hybridized carbons (Fsp3) is 0.250. The first-order valence-electron chi connectivity index (χ1n) is 6.40. The van der Waals surface area contributed by atoms with E-state index < -0.39 is 0 Å². The highest BCUT2D eigenvalue weighted by molar-refractivity contribution is 6.30. The highest BCUT2D eigenvalue weighted by atomic mass is 35.5. The lowest BCUT2D eigenvalue weighted by Gasteiger charge is -2.16. The van der Waals surface area contributed by atoms with Crippen LogP contribution in [-0.2, 0) is 6.42 Å². The Labute approximate surface area is 119 Å². The van der Waals surface area contributed by atoms with Crippen molar-refractivity contribution in [3.8, 4) is 5.75 Å². The molecule has 2 nitrogen and oxygen atoms in total. The monoisotopic (exact) mass is 275 g/mol. The van der Waals surface area contributed by atoms with Crippen molar-refractivity contribution < 1.29 is 4.74 Å². The minimum Gasteiger partial charge on any atom is -0.493 e. The Balaban J connectivity index is 1.89. The molecule has 0 aromatic heterocycles. The van der Waals surface area contributed by atoms with Gasteiger partial charge in [0.25, 0.3) is 0 Å². The minimum absolute atomic E-state index is 0.307. The maximum atomic E-state index is 5.92. The van der Waals surface area contributed by atoms with Crippen LogP contribution < -0.4 is 10.5 Å². The summed E-state index contributed by atoms with van der Waals surface area (Å²) in [6.07, 6.45) is 0.928. The third-order valence-electron chi connectivity index (χ3n) is 2.98. The second kappa shape index (κ2) is 7.17. The molecule has 0 aliphatic heterocycles. The molecule has 0 aliphatic rings. The van der Waals surface area contributed by atoms with E-state index in [9.17, 15) is 0 Å². The SMILES string of the molecule is NCC(COc1cccc(Cl)c1)Cc1ccccc1. The van der Waals surface area contributed by atoms with Crippen LogP contribution in [0.2, 0.25) is 5.02 Å². The van der Waals surface area contributed by atoms with Crippen LogP contribution in [0.4, 0.5) is 0 Å². The maximum absolute atomic E-state index is 5.92. The molecule has 0 spiro atoms. The molecule has 2 aromatic rings. The molecule has 1 atom stereocenters. The normalized spacial score (nSPS) is 12.1. The lowest BCUT2D eigenvalue weighted by Crippen LogP contribution is -2.23. The number of ether oxygens (including phenoxy) is 1. The van der Waals surface area contributed by atoms with Gasteiger partial charge in [0.05, 0.1) is 6.61 Å². The zero-order chi connectivity index (χ0) is 13.5. The number of rotatable bonds is 6. The van der Waals surface area contributed by atoms with Gasteiger partial charge >= 0.3 is 0 Å². The van der Waals surface area contributed by atoms with Crippen molar-refractivity contribution in [2.75, 3.05) is 13.2 Å². The van der Waals surface area contributed by atoms with Crippen molar-refractivity contribution in [3.05, 3.63) is 65.2 Å². The van der Waals surface area contributed by atoms with Gasteiger partial charge in [-0.05, 0) is 36.7 Å². The Kier molecular flexibility index (Phi) is 5.25. The van der Waals surface area contributed by atoms with Gasteiger partial charge in [-0.25, -0.2) is 0 Å². The molecule has 0 aliphatic carbocycles. The Hall–Kier alpha value is -1.51. The lowest BCUT2D eigenvalue weighted by molar-refractivity contribution is 0.252. The fourth-order valence-electron chi connectivity index (χ4n) is 1.93. The van der Waals surface area contributed by atoms with Crippen LogP contribution >= 0.6 is 11.6 Å². The van der Waals surface area contributed by atoms with Crippen molar-refractivity contribution in [1.29, 1.82) is 0 Å². The summed E-state index contributed by atoms with van der Waals surface area (Å²) in [5.74, 6) is 1.10. The largest absolute Gasteiger partial charge is 0.493 e. The minimum atomic E-state index is 0.307. The molecule has 0 fully saturated rings. The lowest BCUT2D eigenvalue weighted by atomic mass is 10.0. The van der Waals surface area contributed by atoms with Gasteiger partial charge in [0.15, 0.2) is 0 Å². The van der Waals surface area contributed by atoms with E-state index in [2.05, 4.69) is 12.1 Å². The standard InChI is InChI=1S/C16H18ClNO/c17-15-7-4-8-16(10-15)19-12-14(11-18)9-13-5-2-1-3-6-13/h1-8,10,14H,9,11-12,18H2. The second-order valence-corrected chi connectivity index (χ2v) is 5.00. The van der Waals surface area contributed by atoms with Crippen molar-refractivity contribution in [2.45, 2.75) is 6.42 Å². The number of halogens is 1. The number of hydrogen-bond donors (Lipinski definition) is 1. The molecular formula is C16H18ClNO. The van der Waals surface area contributed by atoms with E-state index in [4.69, 9.17) is 22.1 Å². The summed E-state index contributed by atoms with van der Waals surface area (Å²) >= 11 is 5.92. The summed E-state index contributed by atoms with van der Waals surface area (Å²) in [4.78, 5) is 0. The van der Waals surface area contributed by atoms with Crippen LogP contribution in [0.3, 0.4) is 0 Å². The maximum Gasteiger partial charge on any atom is 0.120 e. The number of hydrogen-bond acceptors (Lipinski definition) is 2. The molecule has 0 bridgehead atoms. The molecule has 2 aromatic carbocycles. The Morgan fingerprint density at radius 1 is 1.05 bits per heavy atom. The molecule has 0 saturated carbocycles. The fourth-order valence-corrected chi connectivity index (χ4v) is 2.11. The van der Waals surface area contributed by atoms with Crippen molar-refractivity contribution in [3.63, 3.8) is 0 Å². The van der Waals surface area contributed by atoms with Crippen molar-refractivity contribution >= 4 is 11.6 Å². The molecule has 1 unspecified atom stereocenters. The predicted octanol–water partition coefficient (Wildman–Crippen LogP) is 3.54. The van der Waals surface area contributed by atoms with Gasteiger partial charge in [-0.15, -0.1) is 0 Å². The van der Waals surface area contributed by atoms with Gasteiger partial charge in [-0.1, -0.05) is 48.0 Å². The van der Waals surface area contributed by atoms with Crippen LogP contribution in [0.15, 0.2) is 54.6 Å². The number of benzene rings is 2. The average Bonchev–Trinajstić information content (AvgIpc) is 2.44. The second-order valence-electron chi connectivity index (χ2n) is 4.56. The highest BCUT2D eigenvalue weighted by Gasteiger charge is 2.09. The molecule has 2 rings (SSSR count). The van der Waals surface area contributed by atoms with Gasteiger partial charge in [0.2, 0.25) is 0 Å². The van der Waals surface area contributed by atoms with Gasteiger partial charge in [-0.3, -0.25) is 0 Å². The van der Waals surface area contributed by atoms with E-state index >= 15 is 0 Å². The van der Waals surface area contributed by atoms with Crippen LogP contribution in [0.25, 0.3) is 0 Å². The van der Waals surface area contributed by atoms with Crippen LogP contribution in [0, 0.1) is 5.92 Å². The topological polar surface area (TPSA) is 35.2 Å². The quantitative estimate of drug-likeness (QED) is 0.875. The van der Waals surface area contributed by atoms with Crippen LogP contribution in [0.5, 0.6) is 5.75 Å². The van der Waals surface area contributed by atoms with Crippen LogP contribution in [0.1, 0.15) is 5.56 Å². The Morgan fingerprint density at radius 3 is 2.53 bits per heavy atom. The van der Waals surface area contributed by atoms with Crippen molar-refractivity contribution in [2.24, 2.45) is 11.7 Å². The Bertz CT molecular complexity index is 501. The molecule has 100 valence electrons. The molecule has 2 N–H and O–H groups in total. The highest BCUT2D eigenvalue weighted by Crippen LogP contribution is 2.18. The predicted molar refractivity (Wildman–Crippen MR) is 79.6 cm³/mol. The molecule has 0 amide bonds. The molecule has 3 heteroatoms. The summed E-state index contributed by atoms with van der Waals surface area (Å²) in [5, 5.41) is 0.685. The summed E-state index contributed by atoms with van der Waals surface area (Å²) in [7, 11) is 0. The van der Waals surface area contributed by atoms with E-state index in [0.717, 1.165) is 12.2 Å².